The zero-order valence-electron chi connectivity index (χ0n) is 20.7. The molecule has 12 heteroatoms. The number of hydrogen-bond acceptors (Lipinski definition) is 8. The van der Waals surface area contributed by atoms with Gasteiger partial charge in [0.05, 0.1) is 33.1 Å². The largest absolute Gasteiger partial charge is 0.444 e. The van der Waals surface area contributed by atoms with Crippen molar-refractivity contribution < 1.29 is 24.0 Å². The summed E-state index contributed by atoms with van der Waals surface area (Å²) in [7, 11) is 0. The van der Waals surface area contributed by atoms with Crippen LogP contribution in [-0.4, -0.2) is 74.4 Å². The topological polar surface area (TPSA) is 126 Å². The van der Waals surface area contributed by atoms with E-state index in [4.69, 9.17) is 4.74 Å². The number of nitro groups is 1. The second kappa shape index (κ2) is 8.68. The summed E-state index contributed by atoms with van der Waals surface area (Å²) in [5, 5.41) is 11.6. The minimum atomic E-state index is -0.656. The first-order valence-electron chi connectivity index (χ1n) is 12.1. The predicted molar refractivity (Wildman–Crippen MR) is 133 cm³/mol. The van der Waals surface area contributed by atoms with Crippen molar-refractivity contribution in [1.82, 2.24) is 14.8 Å². The second-order valence-corrected chi connectivity index (χ2v) is 11.6. The minimum Gasteiger partial charge on any atom is -0.444 e. The van der Waals surface area contributed by atoms with E-state index in [0.717, 1.165) is 6.42 Å². The second-order valence-electron chi connectivity index (χ2n) is 10.6. The number of ether oxygens (including phenoxy) is 1. The molecule has 192 valence electrons. The molecule has 11 nitrogen and oxygen atoms in total. The molecule has 4 atom stereocenters. The first-order valence-corrected chi connectivity index (χ1v) is 13.0. The highest BCUT2D eigenvalue weighted by Gasteiger charge is 2.55. The number of nitro benzene ring substituents is 1. The van der Waals surface area contributed by atoms with Gasteiger partial charge in [-0.25, -0.2) is 9.78 Å². The van der Waals surface area contributed by atoms with Gasteiger partial charge < -0.3 is 9.64 Å². The van der Waals surface area contributed by atoms with E-state index in [1.165, 1.54) is 28.4 Å². The Kier molecular flexibility index (Phi) is 5.89. The normalized spacial score (nSPS) is 26.1. The highest BCUT2D eigenvalue weighted by Crippen LogP contribution is 2.43. The molecule has 3 saturated heterocycles. The summed E-state index contributed by atoms with van der Waals surface area (Å²) in [4.78, 5) is 60.0. The summed E-state index contributed by atoms with van der Waals surface area (Å²) >= 11 is 1.24. The molecule has 3 fully saturated rings. The van der Waals surface area contributed by atoms with Gasteiger partial charge in [0.2, 0.25) is 11.8 Å². The summed E-state index contributed by atoms with van der Waals surface area (Å²) in [6.45, 7) is 8.16. The molecule has 0 N–H and O–H groups in total. The number of thiazole rings is 1. The monoisotopic (exact) mass is 515 g/mol. The molecule has 4 heterocycles. The zero-order chi connectivity index (χ0) is 25.9. The molecular formula is C24H29N5O6S. The fourth-order valence-corrected chi connectivity index (χ4v) is 6.64. The number of likely N-dealkylation sites (tertiary alicyclic amines) is 2. The number of nitrogens with zero attached hydrogens (tertiary/aromatic N) is 5. The van der Waals surface area contributed by atoms with Crippen LogP contribution in [0.15, 0.2) is 18.2 Å². The number of anilines is 1. The SMILES string of the molecule is C[C@@H]1C(=O)N(c2nc3ccc([N+](=O)[O-])cc3s2)[C@H]2CCN(C(=O)[C@@H]3CCCN3C(=O)OC(C)(C)C)[C@H]12. The standard InChI is InChI=1S/C24H29N5O6S/c1-13-19-16(28(20(13)30)22-25-15-8-7-14(29(33)34)12-18(15)36-22)9-11-27(19)21(31)17-6-5-10-26(17)23(32)35-24(2,3)4/h7-8,12-13,16-17,19H,5-6,9-11H2,1-4H3/t13-,16-,17-,19+/m0/s1. The Hall–Kier alpha value is -3.28. The quantitative estimate of drug-likeness (QED) is 0.452. The minimum absolute atomic E-state index is 0.0274. The van der Waals surface area contributed by atoms with Gasteiger partial charge in [-0.1, -0.05) is 18.3 Å². The lowest BCUT2D eigenvalue weighted by Crippen LogP contribution is -2.52. The van der Waals surface area contributed by atoms with Crippen molar-refractivity contribution in [1.29, 1.82) is 0 Å². The number of aromatic nitrogens is 1. The molecule has 0 spiro atoms. The maximum Gasteiger partial charge on any atom is 0.410 e. The van der Waals surface area contributed by atoms with E-state index in [0.29, 0.717) is 41.3 Å². The predicted octanol–water partition coefficient (Wildman–Crippen LogP) is 3.56. The third-order valence-electron chi connectivity index (χ3n) is 7.12. The van der Waals surface area contributed by atoms with Crippen LogP contribution in [-0.2, 0) is 14.3 Å². The van der Waals surface area contributed by atoms with E-state index in [1.807, 2.05) is 6.92 Å². The Morgan fingerprint density at radius 2 is 1.94 bits per heavy atom. The van der Waals surface area contributed by atoms with Crippen LogP contribution in [0, 0.1) is 16.0 Å². The molecule has 0 bridgehead atoms. The van der Waals surface area contributed by atoms with E-state index in [1.54, 1.807) is 36.6 Å². The molecule has 0 saturated carbocycles. The molecule has 1 aromatic carbocycles. The fraction of sp³-hybridized carbons (Fsp3) is 0.583. The van der Waals surface area contributed by atoms with Crippen molar-refractivity contribution in [2.75, 3.05) is 18.0 Å². The zero-order valence-corrected chi connectivity index (χ0v) is 21.5. The molecule has 0 unspecified atom stereocenters. The number of carbonyl (C=O) groups is 3. The van der Waals surface area contributed by atoms with Crippen LogP contribution >= 0.6 is 11.3 Å². The molecule has 0 aliphatic carbocycles. The number of benzene rings is 1. The van der Waals surface area contributed by atoms with Crippen LogP contribution in [0.4, 0.5) is 15.6 Å². The fourth-order valence-electron chi connectivity index (χ4n) is 5.58. The average Bonchev–Trinajstić information content (AvgIpc) is 3.56. The van der Waals surface area contributed by atoms with Crippen molar-refractivity contribution in [2.24, 2.45) is 5.92 Å². The Morgan fingerprint density at radius 1 is 1.19 bits per heavy atom. The van der Waals surface area contributed by atoms with Crippen molar-refractivity contribution in [3.05, 3.63) is 28.3 Å². The molecule has 3 aliphatic heterocycles. The lowest BCUT2D eigenvalue weighted by Gasteiger charge is -2.33. The molecule has 36 heavy (non-hydrogen) atoms. The van der Waals surface area contributed by atoms with E-state index in [9.17, 15) is 24.5 Å². The summed E-state index contributed by atoms with van der Waals surface area (Å²) in [6, 6.07) is 3.30. The maximum atomic E-state index is 13.7. The number of non-ortho nitro benzene ring substituents is 1. The highest BCUT2D eigenvalue weighted by molar-refractivity contribution is 7.22. The van der Waals surface area contributed by atoms with Crippen LogP contribution < -0.4 is 4.90 Å². The van der Waals surface area contributed by atoms with Crippen LogP contribution in [0.2, 0.25) is 0 Å². The summed E-state index contributed by atoms with van der Waals surface area (Å²) < 4.78 is 6.15. The third-order valence-corrected chi connectivity index (χ3v) is 8.13. The lowest BCUT2D eigenvalue weighted by atomic mass is 10.0. The third kappa shape index (κ3) is 4.06. The molecule has 0 radical (unpaired) electrons. The highest BCUT2D eigenvalue weighted by atomic mass is 32.1. The van der Waals surface area contributed by atoms with E-state index < -0.39 is 28.6 Å². The van der Waals surface area contributed by atoms with Gasteiger partial charge in [-0.2, -0.15) is 0 Å². The number of carbonyl (C=O) groups excluding carboxylic acids is 3. The van der Waals surface area contributed by atoms with Crippen LogP contribution in [0.1, 0.15) is 47.0 Å². The molecule has 3 aliphatic rings. The Balaban J connectivity index is 1.38. The summed E-state index contributed by atoms with van der Waals surface area (Å²) in [5.41, 5.74) is -0.0915. The molecule has 1 aromatic heterocycles. The Morgan fingerprint density at radius 3 is 2.64 bits per heavy atom. The van der Waals surface area contributed by atoms with Gasteiger partial charge in [-0.3, -0.25) is 29.5 Å². The van der Waals surface area contributed by atoms with Gasteiger partial charge in [0.15, 0.2) is 5.13 Å². The Labute approximate surface area is 212 Å². The van der Waals surface area contributed by atoms with Gasteiger partial charge in [-0.15, -0.1) is 0 Å². The Bertz CT molecular complexity index is 1260. The van der Waals surface area contributed by atoms with Crippen LogP contribution in [0.5, 0.6) is 0 Å². The van der Waals surface area contributed by atoms with Gasteiger partial charge in [0, 0.05) is 25.2 Å². The molecule has 5 rings (SSSR count). The van der Waals surface area contributed by atoms with Crippen molar-refractivity contribution in [3.63, 3.8) is 0 Å². The summed E-state index contributed by atoms with van der Waals surface area (Å²) in [5.74, 6) is -0.696. The lowest BCUT2D eigenvalue weighted by molar-refractivity contribution is -0.384. The number of hydrogen-bond donors (Lipinski definition) is 0. The van der Waals surface area contributed by atoms with Gasteiger partial charge >= 0.3 is 6.09 Å². The smallest absolute Gasteiger partial charge is 0.410 e. The molecule has 3 amide bonds. The van der Waals surface area contributed by atoms with Gasteiger partial charge in [0.25, 0.3) is 5.69 Å². The van der Waals surface area contributed by atoms with Gasteiger partial charge in [0.1, 0.15) is 11.6 Å². The van der Waals surface area contributed by atoms with Crippen LogP contribution in [0.25, 0.3) is 10.2 Å². The first-order chi connectivity index (χ1) is 17.0. The first kappa shape index (κ1) is 24.4. The molecular weight excluding hydrogens is 486 g/mol. The van der Waals surface area contributed by atoms with E-state index in [2.05, 4.69) is 4.98 Å². The number of amides is 3. The van der Waals surface area contributed by atoms with Gasteiger partial charge in [-0.05, 0) is 46.1 Å². The maximum absolute atomic E-state index is 13.7. The van der Waals surface area contributed by atoms with E-state index >= 15 is 0 Å². The number of rotatable bonds is 3. The van der Waals surface area contributed by atoms with Crippen LogP contribution in [0.3, 0.4) is 0 Å². The van der Waals surface area contributed by atoms with E-state index in [-0.39, 0.29) is 29.6 Å². The van der Waals surface area contributed by atoms with Crippen molar-refractivity contribution in [3.8, 4) is 0 Å². The molecule has 2 aromatic rings. The average molecular weight is 516 g/mol. The van der Waals surface area contributed by atoms with Crippen molar-refractivity contribution in [2.45, 2.75) is 70.7 Å². The number of fused-ring (bicyclic) bond motifs is 2. The van der Waals surface area contributed by atoms with Crippen molar-refractivity contribution >= 4 is 50.3 Å². The summed E-state index contributed by atoms with van der Waals surface area (Å²) in [6.07, 6.45) is 1.39.